The lowest BCUT2D eigenvalue weighted by Crippen LogP contribution is -2.32. The Balaban J connectivity index is 1.56. The highest BCUT2D eigenvalue weighted by Gasteiger charge is 2.15. The third-order valence-corrected chi connectivity index (χ3v) is 5.29. The number of benzene rings is 2. The normalized spacial score (nSPS) is 10.9. The first kappa shape index (κ1) is 20.8. The average Bonchev–Trinajstić information content (AvgIpc) is 3.08. The Hall–Kier alpha value is -3.46. The molecule has 1 N–H and O–H groups in total. The number of aryl methyl sites for hydroxylation is 1. The topological polar surface area (TPSA) is 90.5 Å². The van der Waals surface area contributed by atoms with Gasteiger partial charge in [-0.2, -0.15) is 0 Å². The predicted octanol–water partition coefficient (Wildman–Crippen LogP) is 2.95. The van der Waals surface area contributed by atoms with Crippen molar-refractivity contribution in [2.24, 2.45) is 0 Å². The van der Waals surface area contributed by atoms with E-state index in [-0.39, 0.29) is 12.5 Å². The smallest absolute Gasteiger partial charge is 0.352 e. The van der Waals surface area contributed by atoms with E-state index < -0.39 is 5.69 Å². The van der Waals surface area contributed by atoms with Crippen molar-refractivity contribution in [2.45, 2.75) is 20.0 Å². The molecule has 0 fully saturated rings. The molecule has 0 saturated carbocycles. The minimum absolute atomic E-state index is 0.175. The summed E-state index contributed by atoms with van der Waals surface area (Å²) in [5.74, 6) is 0.941. The van der Waals surface area contributed by atoms with Gasteiger partial charge in [0.25, 0.3) is 0 Å². The van der Waals surface area contributed by atoms with Crippen molar-refractivity contribution in [2.75, 3.05) is 7.11 Å². The van der Waals surface area contributed by atoms with Gasteiger partial charge in [-0.25, -0.2) is 18.9 Å². The molecular formula is C22H20BrN5O3. The summed E-state index contributed by atoms with van der Waals surface area (Å²) in [6, 6.07) is 16.8. The Morgan fingerprint density at radius 1 is 1.16 bits per heavy atom. The monoisotopic (exact) mass is 481 g/mol. The van der Waals surface area contributed by atoms with Crippen LogP contribution in [-0.2, 0) is 17.9 Å². The summed E-state index contributed by atoms with van der Waals surface area (Å²) in [7, 11) is 1.61. The maximum absolute atomic E-state index is 12.8. The van der Waals surface area contributed by atoms with Gasteiger partial charge in [-0.15, -0.1) is 5.10 Å². The molecule has 0 aliphatic carbocycles. The maximum atomic E-state index is 12.8. The molecule has 0 unspecified atom stereocenters. The molecule has 8 nitrogen and oxygen atoms in total. The first-order valence-electron chi connectivity index (χ1n) is 9.57. The van der Waals surface area contributed by atoms with Gasteiger partial charge < -0.3 is 10.1 Å². The van der Waals surface area contributed by atoms with Crippen molar-refractivity contribution < 1.29 is 9.53 Å². The van der Waals surface area contributed by atoms with Crippen molar-refractivity contribution in [3.63, 3.8) is 0 Å². The fourth-order valence-corrected chi connectivity index (χ4v) is 3.70. The molecule has 4 rings (SSSR count). The summed E-state index contributed by atoms with van der Waals surface area (Å²) in [5, 5.41) is 7.15. The van der Waals surface area contributed by atoms with E-state index in [0.29, 0.717) is 23.7 Å². The Bertz CT molecular complexity index is 1310. The van der Waals surface area contributed by atoms with Gasteiger partial charge in [-0.3, -0.25) is 4.79 Å². The number of carbonyl (C=O) groups is 1. The van der Waals surface area contributed by atoms with Crippen LogP contribution in [0, 0.1) is 6.92 Å². The summed E-state index contributed by atoms with van der Waals surface area (Å²) < 4.78 is 8.67. The first-order valence-corrected chi connectivity index (χ1v) is 10.4. The molecule has 0 spiro atoms. The summed E-state index contributed by atoms with van der Waals surface area (Å²) in [5.41, 5.74) is 2.54. The number of amides is 1. The number of aromatic nitrogens is 4. The van der Waals surface area contributed by atoms with E-state index in [1.54, 1.807) is 20.1 Å². The van der Waals surface area contributed by atoms with Gasteiger partial charge in [-0.1, -0.05) is 28.1 Å². The van der Waals surface area contributed by atoms with Crippen molar-refractivity contribution in [1.82, 2.24) is 24.5 Å². The first-order chi connectivity index (χ1) is 14.9. The zero-order chi connectivity index (χ0) is 22.0. The Labute approximate surface area is 186 Å². The van der Waals surface area contributed by atoms with Gasteiger partial charge in [0.05, 0.1) is 12.8 Å². The van der Waals surface area contributed by atoms with Gasteiger partial charge in [-0.05, 0) is 48.9 Å². The molecule has 1 amide bonds. The van der Waals surface area contributed by atoms with E-state index in [0.717, 1.165) is 26.0 Å². The SMILES string of the molecule is COc1ccc(-c2cc3nn(CC(=O)NCc4cccc(Br)c4)c(=O)n3c(C)n2)cc1. The standard InChI is InChI=1S/C22H20BrN5O3/c1-14-25-19(16-6-8-18(31-2)9-7-16)11-20-26-27(22(30)28(14)20)13-21(29)24-12-15-4-3-5-17(23)10-15/h3-11H,12-13H2,1-2H3,(H,24,29). The second-order valence-corrected chi connectivity index (χ2v) is 7.87. The predicted molar refractivity (Wildman–Crippen MR) is 120 cm³/mol. The zero-order valence-electron chi connectivity index (χ0n) is 17.0. The average molecular weight is 482 g/mol. The molecule has 4 aromatic rings. The van der Waals surface area contributed by atoms with Crippen LogP contribution in [0.1, 0.15) is 11.4 Å². The molecule has 0 bridgehead atoms. The summed E-state index contributed by atoms with van der Waals surface area (Å²) in [6.45, 7) is 1.93. The van der Waals surface area contributed by atoms with Crippen LogP contribution in [0.15, 0.2) is 63.9 Å². The quantitative estimate of drug-likeness (QED) is 0.457. The van der Waals surface area contributed by atoms with E-state index in [2.05, 4.69) is 31.3 Å². The van der Waals surface area contributed by atoms with Gasteiger partial charge in [0.1, 0.15) is 18.1 Å². The fraction of sp³-hybridized carbons (Fsp3) is 0.182. The highest BCUT2D eigenvalue weighted by atomic mass is 79.9. The molecule has 2 aromatic carbocycles. The molecule has 2 heterocycles. The minimum Gasteiger partial charge on any atom is -0.497 e. The Morgan fingerprint density at radius 3 is 2.65 bits per heavy atom. The molecule has 0 atom stereocenters. The summed E-state index contributed by atoms with van der Waals surface area (Å²) in [6.07, 6.45) is 0. The van der Waals surface area contributed by atoms with E-state index in [1.165, 1.54) is 4.40 Å². The second kappa shape index (κ2) is 8.73. The number of hydrogen-bond acceptors (Lipinski definition) is 5. The fourth-order valence-electron chi connectivity index (χ4n) is 3.25. The van der Waals surface area contributed by atoms with Gasteiger partial charge >= 0.3 is 5.69 Å². The van der Waals surface area contributed by atoms with Crippen molar-refractivity contribution in [1.29, 1.82) is 0 Å². The largest absolute Gasteiger partial charge is 0.497 e. The van der Waals surface area contributed by atoms with Crippen molar-refractivity contribution in [3.05, 3.63) is 80.9 Å². The second-order valence-electron chi connectivity index (χ2n) is 6.96. The van der Waals surface area contributed by atoms with Crippen LogP contribution >= 0.6 is 15.9 Å². The zero-order valence-corrected chi connectivity index (χ0v) is 18.6. The Morgan fingerprint density at radius 2 is 1.94 bits per heavy atom. The van der Waals surface area contributed by atoms with Crippen LogP contribution in [0.25, 0.3) is 16.9 Å². The molecule has 31 heavy (non-hydrogen) atoms. The van der Waals surface area contributed by atoms with Crippen LogP contribution in [-0.4, -0.2) is 32.2 Å². The molecule has 0 aliphatic rings. The molecule has 0 radical (unpaired) electrons. The molecule has 9 heteroatoms. The number of ether oxygens (including phenoxy) is 1. The van der Waals surface area contributed by atoms with Gasteiger partial charge in [0.2, 0.25) is 5.91 Å². The van der Waals surface area contributed by atoms with Crippen molar-refractivity contribution in [3.8, 4) is 17.0 Å². The molecule has 158 valence electrons. The number of hydrogen-bond donors (Lipinski definition) is 1. The van der Waals surface area contributed by atoms with Gasteiger partial charge in [0, 0.05) is 22.6 Å². The van der Waals surface area contributed by atoms with Crippen LogP contribution in [0.2, 0.25) is 0 Å². The number of methoxy groups -OCH3 is 1. The van der Waals surface area contributed by atoms with E-state index in [9.17, 15) is 9.59 Å². The van der Waals surface area contributed by atoms with E-state index in [4.69, 9.17) is 4.74 Å². The number of fused-ring (bicyclic) bond motifs is 1. The highest BCUT2D eigenvalue weighted by molar-refractivity contribution is 9.10. The summed E-state index contributed by atoms with van der Waals surface area (Å²) in [4.78, 5) is 29.7. The maximum Gasteiger partial charge on any atom is 0.352 e. The van der Waals surface area contributed by atoms with Crippen LogP contribution in [0.5, 0.6) is 5.75 Å². The van der Waals surface area contributed by atoms with Crippen LogP contribution in [0.3, 0.4) is 0 Å². The number of nitrogens with zero attached hydrogens (tertiary/aromatic N) is 4. The lowest BCUT2D eigenvalue weighted by atomic mass is 10.1. The molecular weight excluding hydrogens is 462 g/mol. The lowest BCUT2D eigenvalue weighted by molar-refractivity contribution is -0.122. The number of rotatable bonds is 6. The van der Waals surface area contributed by atoms with Crippen LogP contribution < -0.4 is 15.7 Å². The third-order valence-electron chi connectivity index (χ3n) is 4.79. The lowest BCUT2D eigenvalue weighted by Gasteiger charge is -2.05. The molecule has 2 aromatic heterocycles. The van der Waals surface area contributed by atoms with Crippen molar-refractivity contribution >= 4 is 27.5 Å². The number of carbonyl (C=O) groups excluding carboxylic acids is 1. The van der Waals surface area contributed by atoms with E-state index >= 15 is 0 Å². The molecule has 0 aliphatic heterocycles. The highest BCUT2D eigenvalue weighted by Crippen LogP contribution is 2.21. The minimum atomic E-state index is -0.404. The number of nitrogens with one attached hydrogen (secondary N) is 1. The number of halogens is 1. The van der Waals surface area contributed by atoms with E-state index in [1.807, 2.05) is 48.5 Å². The summed E-state index contributed by atoms with van der Waals surface area (Å²) >= 11 is 3.41. The molecule has 0 saturated heterocycles. The third kappa shape index (κ3) is 4.51. The van der Waals surface area contributed by atoms with Gasteiger partial charge in [0.15, 0.2) is 5.65 Å². The van der Waals surface area contributed by atoms with Crippen LogP contribution in [0.4, 0.5) is 0 Å². The Kier molecular flexibility index (Phi) is 5.85.